The lowest BCUT2D eigenvalue weighted by atomic mass is 9.87. The Bertz CT molecular complexity index is 1660. The van der Waals surface area contributed by atoms with Gasteiger partial charge in [-0.1, -0.05) is 64.0 Å². The van der Waals surface area contributed by atoms with Crippen molar-refractivity contribution in [2.75, 3.05) is 40.9 Å². The molecule has 8 heteroatoms. The molecule has 2 N–H and O–H groups in total. The summed E-state index contributed by atoms with van der Waals surface area (Å²) < 4.78 is 12.0. The second kappa shape index (κ2) is 18.2. The van der Waals surface area contributed by atoms with Crippen LogP contribution in [0.1, 0.15) is 114 Å². The number of rotatable bonds is 17. The first kappa shape index (κ1) is 40.9. The van der Waals surface area contributed by atoms with Crippen LogP contribution in [-0.2, 0) is 24.3 Å². The van der Waals surface area contributed by atoms with Gasteiger partial charge in [0.1, 0.15) is 11.5 Å². The molecular formula is C44H63N5O3. The van der Waals surface area contributed by atoms with Crippen molar-refractivity contribution in [3.63, 3.8) is 0 Å². The Morgan fingerprint density at radius 1 is 1.06 bits per heavy atom. The summed E-state index contributed by atoms with van der Waals surface area (Å²) in [6.07, 6.45) is 10.7. The second-order valence-corrected chi connectivity index (χ2v) is 15.9. The highest BCUT2D eigenvalue weighted by molar-refractivity contribution is 5.81. The van der Waals surface area contributed by atoms with Crippen LogP contribution in [0.5, 0.6) is 11.5 Å². The molecule has 1 saturated heterocycles. The van der Waals surface area contributed by atoms with Crippen LogP contribution in [0.25, 0.3) is 5.57 Å². The molecule has 2 fully saturated rings. The zero-order valence-corrected chi connectivity index (χ0v) is 33.5. The molecule has 1 spiro atoms. The number of nitriles is 1. The number of carbonyl (C=O) groups is 1. The first-order chi connectivity index (χ1) is 24.8. The topological polar surface area (TPSA) is 89.9 Å². The van der Waals surface area contributed by atoms with Crippen LogP contribution in [-0.4, -0.2) is 62.7 Å². The predicted molar refractivity (Wildman–Crippen MR) is 213 cm³/mol. The fraction of sp³-hybridized carbons (Fsp3) is 0.545. The molecule has 1 amide bonds. The number of hydrogen-bond acceptors (Lipinski definition) is 7. The van der Waals surface area contributed by atoms with Gasteiger partial charge in [-0.05, 0) is 105 Å². The summed E-state index contributed by atoms with van der Waals surface area (Å²) in [4.78, 5) is 16.5. The molecule has 1 heterocycles. The minimum absolute atomic E-state index is 0.0314. The Hall–Kier alpha value is -3.90. The first-order valence-corrected chi connectivity index (χ1v) is 19.0. The van der Waals surface area contributed by atoms with E-state index in [0.717, 1.165) is 97.8 Å². The van der Waals surface area contributed by atoms with Gasteiger partial charge in [0.2, 0.25) is 6.41 Å². The number of allylic oxidation sites excluding steroid dienone is 5. The molecule has 1 saturated carbocycles. The van der Waals surface area contributed by atoms with Gasteiger partial charge in [0.15, 0.2) is 0 Å². The van der Waals surface area contributed by atoms with Crippen molar-refractivity contribution in [2.45, 2.75) is 112 Å². The van der Waals surface area contributed by atoms with Gasteiger partial charge >= 0.3 is 0 Å². The van der Waals surface area contributed by atoms with Crippen molar-refractivity contribution < 1.29 is 14.3 Å². The summed E-state index contributed by atoms with van der Waals surface area (Å²) in [6.45, 7) is 19.5. The van der Waals surface area contributed by atoms with Gasteiger partial charge in [-0.15, -0.1) is 0 Å². The van der Waals surface area contributed by atoms with E-state index in [1.165, 1.54) is 35.1 Å². The highest BCUT2D eigenvalue weighted by Crippen LogP contribution is 2.46. The van der Waals surface area contributed by atoms with Crippen LogP contribution in [0.4, 0.5) is 0 Å². The van der Waals surface area contributed by atoms with Gasteiger partial charge in [-0.25, -0.2) is 0 Å². The number of hydrogen-bond donors (Lipinski definition) is 2. The lowest BCUT2D eigenvalue weighted by Crippen LogP contribution is -2.54. The molecule has 4 rings (SSSR count). The minimum atomic E-state index is -0.0314. The van der Waals surface area contributed by atoms with Crippen LogP contribution in [0.15, 0.2) is 59.3 Å². The molecule has 0 radical (unpaired) electrons. The Kier molecular flexibility index (Phi) is 14.3. The van der Waals surface area contributed by atoms with Gasteiger partial charge in [0, 0.05) is 61.7 Å². The fourth-order valence-electron chi connectivity index (χ4n) is 7.74. The molecule has 1 aliphatic carbocycles. The number of nitrogens with one attached hydrogen (secondary N) is 2. The Balaban J connectivity index is 1.60. The number of benzene rings is 2. The number of piperazine rings is 1. The quantitative estimate of drug-likeness (QED) is 0.0968. The number of carbonyl (C=O) groups excluding carboxylic acids is 1. The molecule has 0 aromatic heterocycles. The van der Waals surface area contributed by atoms with Crippen molar-refractivity contribution >= 4 is 12.0 Å². The molecule has 2 aliphatic rings. The van der Waals surface area contributed by atoms with Gasteiger partial charge < -0.3 is 20.1 Å². The van der Waals surface area contributed by atoms with E-state index in [-0.39, 0.29) is 11.0 Å². The summed E-state index contributed by atoms with van der Waals surface area (Å²) in [7, 11) is 5.50. The average Bonchev–Trinajstić information content (AvgIpc) is 3.89. The molecule has 1 atom stereocenters. The average molecular weight is 710 g/mol. The van der Waals surface area contributed by atoms with Gasteiger partial charge in [0.05, 0.1) is 25.9 Å². The van der Waals surface area contributed by atoms with Crippen molar-refractivity contribution in [1.29, 1.82) is 5.26 Å². The Morgan fingerprint density at radius 3 is 2.29 bits per heavy atom. The zero-order valence-electron chi connectivity index (χ0n) is 33.5. The third-order valence-electron chi connectivity index (χ3n) is 10.8. The molecular weight excluding hydrogens is 647 g/mol. The van der Waals surface area contributed by atoms with Crippen molar-refractivity contribution in [3.8, 4) is 17.6 Å². The van der Waals surface area contributed by atoms with E-state index in [1.54, 1.807) is 20.4 Å². The Labute approximate surface area is 313 Å². The zero-order chi connectivity index (χ0) is 38.1. The monoisotopic (exact) mass is 709 g/mol. The summed E-state index contributed by atoms with van der Waals surface area (Å²) in [5.74, 6) is 1.56. The SMILES string of the molecule is CCCC(NC)c1cccc(CN2CCN(Cc3c(OC)cc(/C(=C/NC=O)C(C)=C(C)C)cc3OC)CC23CC3)c1CC/C(C#N)=C/C(C)(C)C. The van der Waals surface area contributed by atoms with E-state index in [9.17, 15) is 10.1 Å². The van der Waals surface area contributed by atoms with E-state index in [2.05, 4.69) is 118 Å². The molecule has 0 bridgehead atoms. The molecule has 52 heavy (non-hydrogen) atoms. The molecule has 282 valence electrons. The van der Waals surface area contributed by atoms with Gasteiger partial charge in [0.25, 0.3) is 0 Å². The fourth-order valence-corrected chi connectivity index (χ4v) is 7.74. The van der Waals surface area contributed by atoms with E-state index < -0.39 is 0 Å². The largest absolute Gasteiger partial charge is 0.496 e. The highest BCUT2D eigenvalue weighted by Gasteiger charge is 2.51. The minimum Gasteiger partial charge on any atom is -0.496 e. The Morgan fingerprint density at radius 2 is 1.75 bits per heavy atom. The van der Waals surface area contributed by atoms with E-state index in [0.29, 0.717) is 12.5 Å². The second-order valence-electron chi connectivity index (χ2n) is 15.9. The lowest BCUT2D eigenvalue weighted by Gasteiger charge is -2.43. The predicted octanol–water partition coefficient (Wildman–Crippen LogP) is 8.49. The number of nitrogens with zero attached hydrogens (tertiary/aromatic N) is 3. The third kappa shape index (κ3) is 10.2. The van der Waals surface area contributed by atoms with Crippen LogP contribution in [0.3, 0.4) is 0 Å². The van der Waals surface area contributed by atoms with Gasteiger partial charge in [-0.3, -0.25) is 14.6 Å². The lowest BCUT2D eigenvalue weighted by molar-refractivity contribution is -0.108. The standard InChI is InChI=1S/C44H63N5O3/c1-11-13-40(46-8)37-15-12-14-34(36(37)17-16-33(25-45)24-43(5,6)7)27-49-21-20-48(29-44(49)18-19-44)28-39-41(51-9)22-35(23-42(39)52-10)38(26-47-30-50)32(4)31(2)3/h12,14-15,22-24,26,30,40,46H,11,13,16-21,27-29H2,1-10H3,(H,47,50)/b33-24-,38-26+. The maximum absolute atomic E-state index is 11.2. The molecule has 2 aromatic carbocycles. The number of amides is 1. The van der Waals surface area contributed by atoms with E-state index >= 15 is 0 Å². The summed E-state index contributed by atoms with van der Waals surface area (Å²) in [5, 5.41) is 16.3. The molecule has 1 aliphatic heterocycles. The van der Waals surface area contributed by atoms with Crippen LogP contribution in [0.2, 0.25) is 0 Å². The van der Waals surface area contributed by atoms with E-state index in [1.807, 2.05) is 0 Å². The maximum atomic E-state index is 11.2. The summed E-state index contributed by atoms with van der Waals surface area (Å²) in [6, 6.07) is 13.8. The summed E-state index contributed by atoms with van der Waals surface area (Å²) in [5.41, 5.74) is 10.3. The third-order valence-corrected chi connectivity index (χ3v) is 10.8. The maximum Gasteiger partial charge on any atom is 0.211 e. The van der Waals surface area contributed by atoms with Crippen LogP contribution < -0.4 is 20.1 Å². The van der Waals surface area contributed by atoms with Crippen molar-refractivity contribution in [3.05, 3.63) is 87.1 Å². The number of ether oxygens (including phenoxy) is 2. The van der Waals surface area contributed by atoms with E-state index in [4.69, 9.17) is 9.47 Å². The van der Waals surface area contributed by atoms with Crippen molar-refractivity contribution in [2.24, 2.45) is 5.41 Å². The van der Waals surface area contributed by atoms with Gasteiger partial charge in [-0.2, -0.15) is 5.26 Å². The molecule has 2 aromatic rings. The van der Waals surface area contributed by atoms with Crippen molar-refractivity contribution in [1.82, 2.24) is 20.4 Å². The first-order valence-electron chi connectivity index (χ1n) is 19.0. The van der Waals surface area contributed by atoms with Crippen LogP contribution in [0, 0.1) is 16.7 Å². The summed E-state index contributed by atoms with van der Waals surface area (Å²) >= 11 is 0. The van der Waals surface area contributed by atoms with Crippen LogP contribution >= 0.6 is 0 Å². The smallest absolute Gasteiger partial charge is 0.211 e. The molecule has 1 unspecified atom stereocenters. The normalized spacial score (nSPS) is 17.0. The number of methoxy groups -OCH3 is 2. The molecule has 8 nitrogen and oxygen atoms in total. The highest BCUT2D eigenvalue weighted by atomic mass is 16.5.